The van der Waals surface area contributed by atoms with Crippen molar-refractivity contribution in [3.8, 4) is 44.5 Å². The molecule has 10 rings (SSSR count). The summed E-state index contributed by atoms with van der Waals surface area (Å²) in [6, 6.07) is 65.8. The van der Waals surface area contributed by atoms with Gasteiger partial charge in [0, 0.05) is 10.8 Å². The zero-order valence-corrected chi connectivity index (χ0v) is 26.7. The molecule has 0 atom stereocenters. The van der Waals surface area contributed by atoms with Crippen molar-refractivity contribution in [2.75, 3.05) is 0 Å². The second kappa shape index (κ2) is 11.1. The first-order valence-corrected chi connectivity index (χ1v) is 16.9. The molecular weight excluding hydrogens is 593 g/mol. The maximum Gasteiger partial charge on any atom is 0.136 e. The summed E-state index contributed by atoms with van der Waals surface area (Å²) < 4.78 is 6.36. The molecule has 1 heterocycles. The number of benzene rings is 9. The van der Waals surface area contributed by atoms with Crippen LogP contribution >= 0.6 is 0 Å². The monoisotopic (exact) mass is 622 g/mol. The summed E-state index contributed by atoms with van der Waals surface area (Å²) in [7, 11) is 0. The Labute approximate surface area is 284 Å². The molecule has 9 aromatic carbocycles. The standard InChI is InChI=1S/C48H30O/c1-2-14-31(15-3-1)33-16-4-5-17-34(33)35-23-12-25-37-36(35)24-13-26-40(37)48-43-21-8-6-19-41(43)47(42-20-7-9-22-44(42)48)32-28-29-39-38-18-10-11-27-45(38)49-46(39)30-32/h1-30H. The van der Waals surface area contributed by atoms with Crippen LogP contribution in [-0.2, 0) is 0 Å². The molecule has 0 aliphatic heterocycles. The molecule has 0 radical (unpaired) electrons. The minimum Gasteiger partial charge on any atom is -0.456 e. The Morgan fingerprint density at radius 1 is 0.245 bits per heavy atom. The van der Waals surface area contributed by atoms with Gasteiger partial charge in [-0.3, -0.25) is 0 Å². The molecule has 0 spiro atoms. The van der Waals surface area contributed by atoms with Gasteiger partial charge < -0.3 is 4.42 Å². The van der Waals surface area contributed by atoms with Crippen molar-refractivity contribution in [1.82, 2.24) is 0 Å². The van der Waals surface area contributed by atoms with Gasteiger partial charge >= 0.3 is 0 Å². The molecular formula is C48H30O. The molecule has 0 unspecified atom stereocenters. The minimum absolute atomic E-state index is 0.910. The zero-order valence-electron chi connectivity index (χ0n) is 26.7. The van der Waals surface area contributed by atoms with Crippen LogP contribution in [0.3, 0.4) is 0 Å². The molecule has 10 aromatic rings. The van der Waals surface area contributed by atoms with E-state index in [0.717, 1.165) is 27.5 Å². The van der Waals surface area contributed by atoms with Crippen molar-refractivity contribution in [2.45, 2.75) is 0 Å². The van der Waals surface area contributed by atoms with E-state index in [1.54, 1.807) is 0 Å². The fraction of sp³-hybridized carbons (Fsp3) is 0. The average Bonchev–Trinajstić information content (AvgIpc) is 3.55. The minimum atomic E-state index is 0.910. The molecule has 1 heteroatoms. The molecule has 0 bridgehead atoms. The summed E-state index contributed by atoms with van der Waals surface area (Å²) in [6.07, 6.45) is 0. The van der Waals surface area contributed by atoms with Crippen molar-refractivity contribution < 1.29 is 4.42 Å². The maximum atomic E-state index is 6.36. The third-order valence-corrected chi connectivity index (χ3v) is 10.1. The summed E-state index contributed by atoms with van der Waals surface area (Å²) in [6.45, 7) is 0. The quantitative estimate of drug-likeness (QED) is 0.178. The summed E-state index contributed by atoms with van der Waals surface area (Å²) in [5.74, 6) is 0. The number of hydrogen-bond donors (Lipinski definition) is 0. The first-order chi connectivity index (χ1) is 24.3. The molecule has 0 aliphatic rings. The third-order valence-electron chi connectivity index (χ3n) is 10.1. The molecule has 1 aromatic heterocycles. The van der Waals surface area contributed by atoms with Crippen molar-refractivity contribution in [1.29, 1.82) is 0 Å². The Kier molecular flexibility index (Phi) is 6.25. The lowest BCUT2D eigenvalue weighted by molar-refractivity contribution is 0.669. The number of para-hydroxylation sites is 1. The third kappa shape index (κ3) is 4.33. The summed E-state index contributed by atoms with van der Waals surface area (Å²) in [5, 5.41) is 9.72. The predicted molar refractivity (Wildman–Crippen MR) is 208 cm³/mol. The van der Waals surface area contributed by atoms with Gasteiger partial charge in [-0.1, -0.05) is 164 Å². The van der Waals surface area contributed by atoms with E-state index < -0.39 is 0 Å². The second-order valence-corrected chi connectivity index (χ2v) is 12.8. The van der Waals surface area contributed by atoms with E-state index in [4.69, 9.17) is 4.42 Å². The Bertz CT molecular complexity index is 2820. The SMILES string of the molecule is c1ccc(-c2ccccc2-c2cccc3c(-c4c5ccccc5c(-c5ccc6c(c5)oc5ccccc56)c5ccccc45)cccc23)cc1. The van der Waals surface area contributed by atoms with Crippen molar-refractivity contribution in [3.05, 3.63) is 182 Å². The first kappa shape index (κ1) is 27.7. The van der Waals surface area contributed by atoms with Crippen LogP contribution in [0.25, 0.3) is 98.8 Å². The fourth-order valence-corrected chi connectivity index (χ4v) is 7.96. The van der Waals surface area contributed by atoms with Crippen LogP contribution < -0.4 is 0 Å². The van der Waals surface area contributed by atoms with Gasteiger partial charge in [0.1, 0.15) is 11.2 Å². The van der Waals surface area contributed by atoms with E-state index in [1.165, 1.54) is 71.3 Å². The largest absolute Gasteiger partial charge is 0.456 e. The smallest absolute Gasteiger partial charge is 0.136 e. The highest BCUT2D eigenvalue weighted by Gasteiger charge is 2.20. The topological polar surface area (TPSA) is 13.1 Å². The summed E-state index contributed by atoms with van der Waals surface area (Å²) >= 11 is 0. The molecule has 0 fully saturated rings. The van der Waals surface area contributed by atoms with Gasteiger partial charge in [-0.25, -0.2) is 0 Å². The highest BCUT2D eigenvalue weighted by molar-refractivity contribution is 6.24. The lowest BCUT2D eigenvalue weighted by Crippen LogP contribution is -1.92. The van der Waals surface area contributed by atoms with E-state index in [1.807, 2.05) is 12.1 Å². The molecule has 0 saturated carbocycles. The second-order valence-electron chi connectivity index (χ2n) is 12.8. The van der Waals surface area contributed by atoms with Crippen LogP contribution in [-0.4, -0.2) is 0 Å². The first-order valence-electron chi connectivity index (χ1n) is 16.9. The van der Waals surface area contributed by atoms with Crippen LogP contribution in [0.2, 0.25) is 0 Å². The van der Waals surface area contributed by atoms with Gasteiger partial charge in [0.25, 0.3) is 0 Å². The van der Waals surface area contributed by atoms with E-state index in [-0.39, 0.29) is 0 Å². The molecule has 0 amide bonds. The Hall–Kier alpha value is -6.44. The fourth-order valence-electron chi connectivity index (χ4n) is 7.96. The van der Waals surface area contributed by atoms with Gasteiger partial charge in [0.15, 0.2) is 0 Å². The zero-order chi connectivity index (χ0) is 32.3. The molecule has 49 heavy (non-hydrogen) atoms. The Morgan fingerprint density at radius 2 is 0.735 bits per heavy atom. The highest BCUT2D eigenvalue weighted by Crippen LogP contribution is 2.47. The summed E-state index contributed by atoms with van der Waals surface area (Å²) in [5.41, 5.74) is 11.7. The Morgan fingerprint density at radius 3 is 1.45 bits per heavy atom. The highest BCUT2D eigenvalue weighted by atomic mass is 16.3. The van der Waals surface area contributed by atoms with Crippen molar-refractivity contribution in [2.24, 2.45) is 0 Å². The predicted octanol–water partition coefficient (Wildman–Crippen LogP) is 13.7. The number of rotatable bonds is 4. The lowest BCUT2D eigenvalue weighted by atomic mass is 9.83. The number of fused-ring (bicyclic) bond motifs is 6. The summed E-state index contributed by atoms with van der Waals surface area (Å²) in [4.78, 5) is 0. The molecule has 0 N–H and O–H groups in total. The lowest BCUT2D eigenvalue weighted by Gasteiger charge is -2.19. The normalized spacial score (nSPS) is 11.7. The van der Waals surface area contributed by atoms with E-state index in [2.05, 4.69) is 170 Å². The van der Waals surface area contributed by atoms with Crippen molar-refractivity contribution >= 4 is 54.3 Å². The van der Waals surface area contributed by atoms with Crippen LogP contribution in [0.4, 0.5) is 0 Å². The van der Waals surface area contributed by atoms with Gasteiger partial charge in [0.2, 0.25) is 0 Å². The van der Waals surface area contributed by atoms with Gasteiger partial charge in [-0.05, 0) is 95.0 Å². The van der Waals surface area contributed by atoms with E-state index in [9.17, 15) is 0 Å². The van der Waals surface area contributed by atoms with Crippen molar-refractivity contribution in [3.63, 3.8) is 0 Å². The van der Waals surface area contributed by atoms with Crippen LogP contribution in [0, 0.1) is 0 Å². The Balaban J connectivity index is 1.24. The van der Waals surface area contributed by atoms with Gasteiger partial charge in [-0.15, -0.1) is 0 Å². The average molecular weight is 623 g/mol. The van der Waals surface area contributed by atoms with Gasteiger partial charge in [-0.2, -0.15) is 0 Å². The van der Waals surface area contributed by atoms with E-state index >= 15 is 0 Å². The molecule has 0 aliphatic carbocycles. The number of furan rings is 1. The van der Waals surface area contributed by atoms with Crippen LogP contribution in [0.1, 0.15) is 0 Å². The van der Waals surface area contributed by atoms with Crippen LogP contribution in [0.5, 0.6) is 0 Å². The maximum absolute atomic E-state index is 6.36. The number of hydrogen-bond acceptors (Lipinski definition) is 1. The van der Waals surface area contributed by atoms with E-state index in [0.29, 0.717) is 0 Å². The van der Waals surface area contributed by atoms with Crippen LogP contribution in [0.15, 0.2) is 186 Å². The molecule has 228 valence electrons. The van der Waals surface area contributed by atoms with Gasteiger partial charge in [0.05, 0.1) is 0 Å². The molecule has 0 saturated heterocycles. The molecule has 1 nitrogen and oxygen atoms in total.